The minimum atomic E-state index is 0.0922. The molecule has 1 aliphatic carbocycles. The molecule has 1 saturated carbocycles. The van der Waals surface area contributed by atoms with E-state index in [1.54, 1.807) is 12.1 Å². The van der Waals surface area contributed by atoms with Crippen LogP contribution in [-0.2, 0) is 0 Å². The Bertz CT molecular complexity index is 343. The summed E-state index contributed by atoms with van der Waals surface area (Å²) < 4.78 is 0. The predicted octanol–water partition coefficient (Wildman–Crippen LogP) is 2.17. The lowest BCUT2D eigenvalue weighted by molar-refractivity contribution is 0.916. The van der Waals surface area contributed by atoms with Gasteiger partial charge in [0, 0.05) is 0 Å². The van der Waals surface area contributed by atoms with Crippen molar-refractivity contribution in [1.82, 2.24) is 0 Å². The Morgan fingerprint density at radius 2 is 2.00 bits per heavy atom. The quantitative estimate of drug-likeness (QED) is 0.615. The molecule has 0 saturated heterocycles. The van der Waals surface area contributed by atoms with Crippen LogP contribution in [0.3, 0.4) is 0 Å². The third kappa shape index (κ3) is 1.40. The summed E-state index contributed by atoms with van der Waals surface area (Å²) in [6, 6.07) is 9.12. The maximum atomic E-state index is 10.9. The zero-order valence-electron chi connectivity index (χ0n) is 7.16. The SMILES string of the molecule is C[C@H]1CC1c1cccc(=O)cc1. The third-order valence-electron chi connectivity index (χ3n) is 2.53. The first kappa shape index (κ1) is 7.53. The lowest BCUT2D eigenvalue weighted by Crippen LogP contribution is -1.87. The molecule has 0 heterocycles. The van der Waals surface area contributed by atoms with Crippen LogP contribution in [0.5, 0.6) is 0 Å². The lowest BCUT2D eigenvalue weighted by Gasteiger charge is -1.90. The maximum absolute atomic E-state index is 10.9. The average Bonchev–Trinajstić information content (AvgIpc) is 2.75. The molecule has 12 heavy (non-hydrogen) atoms. The summed E-state index contributed by atoms with van der Waals surface area (Å²) in [4.78, 5) is 10.9. The van der Waals surface area contributed by atoms with Crippen molar-refractivity contribution in [3.63, 3.8) is 0 Å². The smallest absolute Gasteiger partial charge is 0.178 e. The van der Waals surface area contributed by atoms with Gasteiger partial charge in [-0.3, -0.25) is 4.79 Å². The topological polar surface area (TPSA) is 17.1 Å². The van der Waals surface area contributed by atoms with E-state index in [4.69, 9.17) is 0 Å². The first-order valence-corrected chi connectivity index (χ1v) is 4.37. The highest BCUT2D eigenvalue weighted by molar-refractivity contribution is 5.24. The largest absolute Gasteiger partial charge is 0.290 e. The molecule has 1 aromatic carbocycles. The van der Waals surface area contributed by atoms with Crippen molar-refractivity contribution < 1.29 is 0 Å². The van der Waals surface area contributed by atoms with Crippen molar-refractivity contribution in [3.8, 4) is 0 Å². The maximum Gasteiger partial charge on any atom is 0.178 e. The van der Waals surface area contributed by atoms with E-state index in [1.807, 2.05) is 12.1 Å². The van der Waals surface area contributed by atoms with Gasteiger partial charge in [-0.2, -0.15) is 0 Å². The molecular weight excluding hydrogens is 148 g/mol. The van der Waals surface area contributed by atoms with Crippen LogP contribution in [0.15, 0.2) is 35.1 Å². The molecule has 0 N–H and O–H groups in total. The fourth-order valence-corrected chi connectivity index (χ4v) is 1.58. The van der Waals surface area contributed by atoms with Crippen molar-refractivity contribution in [2.45, 2.75) is 19.3 Å². The van der Waals surface area contributed by atoms with Gasteiger partial charge < -0.3 is 0 Å². The summed E-state index contributed by atoms with van der Waals surface area (Å²) in [5.41, 5.74) is 1.40. The molecule has 1 fully saturated rings. The second-order valence-electron chi connectivity index (χ2n) is 3.58. The molecule has 1 aliphatic rings. The van der Waals surface area contributed by atoms with Gasteiger partial charge >= 0.3 is 0 Å². The van der Waals surface area contributed by atoms with Gasteiger partial charge in [-0.25, -0.2) is 0 Å². The van der Waals surface area contributed by atoms with Gasteiger partial charge in [-0.1, -0.05) is 25.1 Å². The zero-order chi connectivity index (χ0) is 8.55. The molecule has 2 atom stereocenters. The standard InChI is InChI=1S/C11H12O/c1-8-7-11(8)9-3-2-4-10(12)6-5-9/h2-6,8,11H,7H2,1H3/t8-,11?/m0/s1. The second-order valence-corrected chi connectivity index (χ2v) is 3.58. The highest BCUT2D eigenvalue weighted by Crippen LogP contribution is 2.46. The monoisotopic (exact) mass is 160 g/mol. The first-order valence-electron chi connectivity index (χ1n) is 4.37. The van der Waals surface area contributed by atoms with Crippen LogP contribution < -0.4 is 5.43 Å². The summed E-state index contributed by atoms with van der Waals surface area (Å²) in [7, 11) is 0. The van der Waals surface area contributed by atoms with Crippen LogP contribution >= 0.6 is 0 Å². The highest BCUT2D eigenvalue weighted by atomic mass is 16.1. The molecule has 2 rings (SSSR count). The Kier molecular flexibility index (Phi) is 1.72. The Balaban J connectivity index is 2.36. The molecule has 1 aromatic rings. The van der Waals surface area contributed by atoms with E-state index in [-0.39, 0.29) is 5.43 Å². The Morgan fingerprint density at radius 1 is 1.25 bits per heavy atom. The molecule has 0 aliphatic heterocycles. The van der Waals surface area contributed by atoms with Gasteiger partial charge in [-0.05, 0) is 36.0 Å². The summed E-state index contributed by atoms with van der Waals surface area (Å²) in [5.74, 6) is 1.51. The highest BCUT2D eigenvalue weighted by Gasteiger charge is 2.33. The fourth-order valence-electron chi connectivity index (χ4n) is 1.58. The molecule has 62 valence electrons. The van der Waals surface area contributed by atoms with Gasteiger partial charge in [0.15, 0.2) is 5.43 Å². The molecule has 0 radical (unpaired) electrons. The fraction of sp³-hybridized carbons (Fsp3) is 0.364. The van der Waals surface area contributed by atoms with E-state index < -0.39 is 0 Å². The molecule has 0 bridgehead atoms. The van der Waals surface area contributed by atoms with Crippen molar-refractivity contribution in [2.24, 2.45) is 5.92 Å². The van der Waals surface area contributed by atoms with Crippen LogP contribution in [0.1, 0.15) is 24.8 Å². The van der Waals surface area contributed by atoms with Crippen LogP contribution in [0.2, 0.25) is 0 Å². The normalized spacial score (nSPS) is 26.8. The van der Waals surface area contributed by atoms with Gasteiger partial charge in [0.05, 0.1) is 0 Å². The van der Waals surface area contributed by atoms with Gasteiger partial charge in [0.1, 0.15) is 0 Å². The average molecular weight is 160 g/mol. The lowest BCUT2D eigenvalue weighted by atomic mass is 10.1. The van der Waals surface area contributed by atoms with E-state index in [9.17, 15) is 4.79 Å². The molecule has 0 spiro atoms. The zero-order valence-corrected chi connectivity index (χ0v) is 7.16. The van der Waals surface area contributed by atoms with E-state index in [1.165, 1.54) is 12.0 Å². The first-order chi connectivity index (χ1) is 5.77. The Labute approximate surface area is 72.1 Å². The van der Waals surface area contributed by atoms with Crippen molar-refractivity contribution in [1.29, 1.82) is 0 Å². The van der Waals surface area contributed by atoms with Crippen molar-refractivity contribution in [3.05, 3.63) is 46.1 Å². The minimum absolute atomic E-state index is 0.0922. The van der Waals surface area contributed by atoms with Crippen molar-refractivity contribution >= 4 is 0 Å². The van der Waals surface area contributed by atoms with Crippen LogP contribution in [0, 0.1) is 5.92 Å². The van der Waals surface area contributed by atoms with Gasteiger partial charge in [-0.15, -0.1) is 0 Å². The van der Waals surface area contributed by atoms with E-state index in [0.29, 0.717) is 5.92 Å². The summed E-state index contributed by atoms with van der Waals surface area (Å²) in [5, 5.41) is 0. The number of hydrogen-bond donors (Lipinski definition) is 0. The molecule has 1 heteroatoms. The molecule has 1 unspecified atom stereocenters. The second kappa shape index (κ2) is 2.74. The molecular formula is C11H12O. The molecule has 0 amide bonds. The summed E-state index contributed by atoms with van der Waals surface area (Å²) in [6.45, 7) is 2.25. The number of hydrogen-bond acceptors (Lipinski definition) is 1. The predicted molar refractivity (Wildman–Crippen MR) is 49.2 cm³/mol. The van der Waals surface area contributed by atoms with Crippen LogP contribution in [0.4, 0.5) is 0 Å². The van der Waals surface area contributed by atoms with E-state index >= 15 is 0 Å². The van der Waals surface area contributed by atoms with Gasteiger partial charge in [0.25, 0.3) is 0 Å². The van der Waals surface area contributed by atoms with E-state index in [0.717, 1.165) is 5.92 Å². The molecule has 1 nitrogen and oxygen atoms in total. The molecule has 0 aromatic heterocycles. The van der Waals surface area contributed by atoms with Crippen LogP contribution in [0.25, 0.3) is 0 Å². The van der Waals surface area contributed by atoms with E-state index in [2.05, 4.69) is 13.0 Å². The van der Waals surface area contributed by atoms with Gasteiger partial charge in [0.2, 0.25) is 0 Å². The number of rotatable bonds is 1. The summed E-state index contributed by atoms with van der Waals surface area (Å²) in [6.07, 6.45) is 1.28. The van der Waals surface area contributed by atoms with Crippen molar-refractivity contribution in [2.75, 3.05) is 0 Å². The minimum Gasteiger partial charge on any atom is -0.290 e. The third-order valence-corrected chi connectivity index (χ3v) is 2.53. The Hall–Kier alpha value is -1.11. The van der Waals surface area contributed by atoms with Crippen LogP contribution in [-0.4, -0.2) is 0 Å². The Morgan fingerprint density at radius 3 is 2.67 bits per heavy atom. The summed E-state index contributed by atoms with van der Waals surface area (Å²) >= 11 is 0.